The van der Waals surface area contributed by atoms with E-state index in [2.05, 4.69) is 4.98 Å². The number of H-pyrrole nitrogens is 1. The molecule has 0 saturated carbocycles. The Bertz CT molecular complexity index is 995. The molecule has 0 aliphatic rings. The summed E-state index contributed by atoms with van der Waals surface area (Å²) in [5, 5.41) is 2.18. The van der Waals surface area contributed by atoms with E-state index in [1.807, 2.05) is 42.5 Å². The van der Waals surface area contributed by atoms with E-state index in [1.54, 1.807) is 0 Å². The van der Waals surface area contributed by atoms with Crippen molar-refractivity contribution in [2.24, 2.45) is 0 Å². The fourth-order valence-corrected chi connectivity index (χ4v) is 2.88. The maximum absolute atomic E-state index is 12.7. The predicted molar refractivity (Wildman–Crippen MR) is 86.2 cm³/mol. The van der Waals surface area contributed by atoms with Gasteiger partial charge in [-0.2, -0.15) is 13.2 Å². The molecule has 0 spiro atoms. The minimum Gasteiger partial charge on any atom is -0.355 e. The van der Waals surface area contributed by atoms with E-state index in [-0.39, 0.29) is 0 Å². The summed E-state index contributed by atoms with van der Waals surface area (Å²) >= 11 is 0. The molecule has 3 aromatic carbocycles. The molecule has 0 saturated heterocycles. The topological polar surface area (TPSA) is 15.8 Å². The second-order valence-electron chi connectivity index (χ2n) is 5.51. The van der Waals surface area contributed by atoms with Crippen LogP contribution < -0.4 is 0 Å². The Kier molecular flexibility index (Phi) is 2.94. The Morgan fingerprint density at radius 2 is 1.30 bits per heavy atom. The standard InChI is InChI=1S/C19H12F3N/c20-19(21,22)14-8-5-12(6-9-14)13-7-10-18-16(11-13)15-3-1-2-4-17(15)23-18/h1-11,23H. The lowest BCUT2D eigenvalue weighted by Gasteiger charge is -2.08. The molecule has 1 heterocycles. The molecule has 0 aliphatic heterocycles. The molecule has 1 aromatic heterocycles. The van der Waals surface area contributed by atoms with Gasteiger partial charge in [-0.05, 0) is 41.5 Å². The molecule has 0 fully saturated rings. The van der Waals surface area contributed by atoms with Crippen LogP contribution in [0.1, 0.15) is 5.56 Å². The lowest BCUT2D eigenvalue weighted by molar-refractivity contribution is -0.137. The summed E-state index contributed by atoms with van der Waals surface area (Å²) in [6.45, 7) is 0. The van der Waals surface area contributed by atoms with Gasteiger partial charge >= 0.3 is 6.18 Å². The highest BCUT2D eigenvalue weighted by molar-refractivity contribution is 6.08. The van der Waals surface area contributed by atoms with Gasteiger partial charge in [0.1, 0.15) is 0 Å². The van der Waals surface area contributed by atoms with Gasteiger partial charge in [0, 0.05) is 21.8 Å². The van der Waals surface area contributed by atoms with Crippen LogP contribution in [0.2, 0.25) is 0 Å². The Morgan fingerprint density at radius 1 is 0.652 bits per heavy atom. The van der Waals surface area contributed by atoms with Crippen LogP contribution in [-0.2, 0) is 6.18 Å². The lowest BCUT2D eigenvalue weighted by atomic mass is 10.0. The molecule has 0 atom stereocenters. The average molecular weight is 311 g/mol. The summed E-state index contributed by atoms with van der Waals surface area (Å²) in [6.07, 6.45) is -4.31. The number of hydrogen-bond donors (Lipinski definition) is 1. The normalized spacial score (nSPS) is 12.1. The highest BCUT2D eigenvalue weighted by Gasteiger charge is 2.29. The van der Waals surface area contributed by atoms with Crippen LogP contribution in [0.25, 0.3) is 32.9 Å². The molecule has 0 amide bonds. The van der Waals surface area contributed by atoms with Gasteiger partial charge < -0.3 is 4.98 Å². The third-order valence-corrected chi connectivity index (χ3v) is 4.05. The molecule has 4 rings (SSSR count). The molecule has 4 heteroatoms. The second-order valence-corrected chi connectivity index (χ2v) is 5.51. The first kappa shape index (κ1) is 13.9. The Morgan fingerprint density at radius 3 is 2.04 bits per heavy atom. The van der Waals surface area contributed by atoms with Crippen molar-refractivity contribution >= 4 is 21.8 Å². The summed E-state index contributed by atoms with van der Waals surface area (Å²) in [6, 6.07) is 19.1. The van der Waals surface area contributed by atoms with Crippen molar-refractivity contribution < 1.29 is 13.2 Å². The summed E-state index contributed by atoms with van der Waals surface area (Å²) in [5.74, 6) is 0. The van der Waals surface area contributed by atoms with E-state index in [1.165, 1.54) is 12.1 Å². The largest absolute Gasteiger partial charge is 0.416 e. The molecule has 1 N–H and O–H groups in total. The molecule has 114 valence electrons. The van der Waals surface area contributed by atoms with Crippen molar-refractivity contribution in [2.75, 3.05) is 0 Å². The van der Waals surface area contributed by atoms with E-state index < -0.39 is 11.7 Å². The van der Waals surface area contributed by atoms with Crippen molar-refractivity contribution in [1.29, 1.82) is 0 Å². The number of benzene rings is 3. The van der Waals surface area contributed by atoms with Gasteiger partial charge in [0.2, 0.25) is 0 Å². The first-order valence-electron chi connectivity index (χ1n) is 7.20. The Labute approximate surface area is 130 Å². The highest BCUT2D eigenvalue weighted by Crippen LogP contribution is 2.33. The second kappa shape index (κ2) is 4.88. The maximum Gasteiger partial charge on any atom is 0.416 e. The first-order valence-corrected chi connectivity index (χ1v) is 7.20. The lowest BCUT2D eigenvalue weighted by Crippen LogP contribution is -2.03. The van der Waals surface area contributed by atoms with Crippen molar-refractivity contribution in [3.8, 4) is 11.1 Å². The van der Waals surface area contributed by atoms with E-state index in [4.69, 9.17) is 0 Å². The maximum atomic E-state index is 12.7. The van der Waals surface area contributed by atoms with Crippen molar-refractivity contribution in [3.63, 3.8) is 0 Å². The van der Waals surface area contributed by atoms with Gasteiger partial charge in [0.05, 0.1) is 5.56 Å². The van der Waals surface area contributed by atoms with Gasteiger partial charge in [0.25, 0.3) is 0 Å². The van der Waals surface area contributed by atoms with Gasteiger partial charge in [-0.25, -0.2) is 0 Å². The van der Waals surface area contributed by atoms with E-state index in [0.717, 1.165) is 45.1 Å². The van der Waals surface area contributed by atoms with Gasteiger partial charge in [-0.15, -0.1) is 0 Å². The number of alkyl halides is 3. The van der Waals surface area contributed by atoms with Gasteiger partial charge in [-0.3, -0.25) is 0 Å². The molecule has 4 aromatic rings. The van der Waals surface area contributed by atoms with Crippen LogP contribution in [0, 0.1) is 0 Å². The number of hydrogen-bond acceptors (Lipinski definition) is 0. The van der Waals surface area contributed by atoms with Crippen LogP contribution >= 0.6 is 0 Å². The molecule has 0 unspecified atom stereocenters. The van der Waals surface area contributed by atoms with Crippen LogP contribution in [0.4, 0.5) is 13.2 Å². The third kappa shape index (κ3) is 2.36. The summed E-state index contributed by atoms with van der Waals surface area (Å²) in [5.41, 5.74) is 3.10. The van der Waals surface area contributed by atoms with E-state index >= 15 is 0 Å². The zero-order chi connectivity index (χ0) is 16.0. The minimum absolute atomic E-state index is 0.630. The highest BCUT2D eigenvalue weighted by atomic mass is 19.4. The average Bonchev–Trinajstić information content (AvgIpc) is 2.92. The Balaban J connectivity index is 1.84. The zero-order valence-electron chi connectivity index (χ0n) is 12.0. The van der Waals surface area contributed by atoms with Crippen molar-refractivity contribution in [1.82, 2.24) is 4.98 Å². The predicted octanol–water partition coefficient (Wildman–Crippen LogP) is 6.01. The number of aromatic amines is 1. The van der Waals surface area contributed by atoms with Gasteiger partial charge in [0.15, 0.2) is 0 Å². The minimum atomic E-state index is -4.31. The Hall–Kier alpha value is -2.75. The number of aromatic nitrogens is 1. The van der Waals surface area contributed by atoms with Crippen molar-refractivity contribution in [3.05, 3.63) is 72.3 Å². The molecular formula is C19H12F3N. The quantitative estimate of drug-likeness (QED) is 0.443. The number of para-hydroxylation sites is 1. The van der Waals surface area contributed by atoms with Gasteiger partial charge in [-0.1, -0.05) is 36.4 Å². The van der Waals surface area contributed by atoms with E-state index in [0.29, 0.717) is 0 Å². The van der Waals surface area contributed by atoms with E-state index in [9.17, 15) is 13.2 Å². The summed E-state index contributed by atoms with van der Waals surface area (Å²) < 4.78 is 38.0. The third-order valence-electron chi connectivity index (χ3n) is 4.05. The molecule has 0 bridgehead atoms. The number of rotatable bonds is 1. The summed E-state index contributed by atoms with van der Waals surface area (Å²) in [4.78, 5) is 3.34. The molecule has 0 aliphatic carbocycles. The van der Waals surface area contributed by atoms with Crippen LogP contribution in [0.5, 0.6) is 0 Å². The monoisotopic (exact) mass is 311 g/mol. The fourth-order valence-electron chi connectivity index (χ4n) is 2.88. The molecule has 0 radical (unpaired) electrons. The fraction of sp³-hybridized carbons (Fsp3) is 0.0526. The van der Waals surface area contributed by atoms with Crippen LogP contribution in [0.15, 0.2) is 66.7 Å². The van der Waals surface area contributed by atoms with Crippen LogP contribution in [-0.4, -0.2) is 4.98 Å². The van der Waals surface area contributed by atoms with Crippen LogP contribution in [0.3, 0.4) is 0 Å². The smallest absolute Gasteiger partial charge is 0.355 e. The SMILES string of the molecule is FC(F)(F)c1ccc(-c2ccc3[nH]c4ccccc4c3c2)cc1. The first-order chi connectivity index (χ1) is 11.0. The molecule has 1 nitrogen and oxygen atoms in total. The van der Waals surface area contributed by atoms with Crippen molar-refractivity contribution in [2.45, 2.75) is 6.18 Å². The number of fused-ring (bicyclic) bond motifs is 3. The zero-order valence-corrected chi connectivity index (χ0v) is 12.0. The molecular weight excluding hydrogens is 299 g/mol. The number of halogens is 3. The molecule has 23 heavy (non-hydrogen) atoms. The number of nitrogens with one attached hydrogen (secondary N) is 1. The summed E-state index contributed by atoms with van der Waals surface area (Å²) in [7, 11) is 0.